The van der Waals surface area contributed by atoms with Crippen LogP contribution in [0.5, 0.6) is 0 Å². The van der Waals surface area contributed by atoms with Gasteiger partial charge in [-0.2, -0.15) is 0 Å². The second-order valence-electron chi connectivity index (χ2n) is 4.75. The molecule has 106 valence electrons. The van der Waals surface area contributed by atoms with Gasteiger partial charge in [-0.05, 0) is 6.08 Å². The summed E-state index contributed by atoms with van der Waals surface area (Å²) >= 11 is 0. The Morgan fingerprint density at radius 3 is 2.85 bits per heavy atom. The van der Waals surface area contributed by atoms with Crippen molar-refractivity contribution in [2.45, 2.75) is 31.5 Å². The van der Waals surface area contributed by atoms with Crippen LogP contribution in [0.4, 0.5) is 0 Å². The second kappa shape index (κ2) is 5.64. The first-order valence-electron chi connectivity index (χ1n) is 6.55. The standard InChI is InChI=1S/C15H16O5/c1-10(16)19-12-7-8-17-13-9-18-15(20-14(12)13)11-5-3-2-4-6-11/h2-8,12-15H,9H2,1H3/t12-,13-,14+,15-/m1/s1. The first-order chi connectivity index (χ1) is 9.74. The summed E-state index contributed by atoms with van der Waals surface area (Å²) in [5, 5.41) is 0. The maximum absolute atomic E-state index is 11.2. The molecule has 5 nitrogen and oxygen atoms in total. The Labute approximate surface area is 117 Å². The van der Waals surface area contributed by atoms with E-state index in [2.05, 4.69) is 0 Å². The topological polar surface area (TPSA) is 54.0 Å². The predicted molar refractivity (Wildman–Crippen MR) is 69.6 cm³/mol. The van der Waals surface area contributed by atoms with Crippen LogP contribution in [-0.4, -0.2) is 30.9 Å². The number of rotatable bonds is 2. The lowest BCUT2D eigenvalue weighted by Crippen LogP contribution is -2.50. The van der Waals surface area contributed by atoms with Crippen molar-refractivity contribution in [2.24, 2.45) is 0 Å². The van der Waals surface area contributed by atoms with Crippen molar-refractivity contribution in [1.29, 1.82) is 0 Å². The number of fused-ring (bicyclic) bond motifs is 1. The minimum atomic E-state index is -0.467. The molecule has 0 unspecified atom stereocenters. The molecule has 2 heterocycles. The maximum Gasteiger partial charge on any atom is 0.303 e. The first-order valence-corrected chi connectivity index (χ1v) is 6.55. The van der Waals surface area contributed by atoms with Crippen LogP contribution < -0.4 is 0 Å². The van der Waals surface area contributed by atoms with Crippen molar-refractivity contribution in [3.8, 4) is 0 Å². The smallest absolute Gasteiger partial charge is 0.303 e. The van der Waals surface area contributed by atoms with Crippen molar-refractivity contribution in [1.82, 2.24) is 0 Å². The lowest BCUT2D eigenvalue weighted by atomic mass is 10.0. The van der Waals surface area contributed by atoms with Gasteiger partial charge >= 0.3 is 5.97 Å². The van der Waals surface area contributed by atoms with E-state index in [-0.39, 0.29) is 18.2 Å². The van der Waals surface area contributed by atoms with Crippen LogP contribution in [0.25, 0.3) is 0 Å². The van der Waals surface area contributed by atoms with Gasteiger partial charge in [-0.1, -0.05) is 30.3 Å². The van der Waals surface area contributed by atoms with Gasteiger partial charge in [0.2, 0.25) is 0 Å². The summed E-state index contributed by atoms with van der Waals surface area (Å²) in [6.45, 7) is 1.78. The van der Waals surface area contributed by atoms with Crippen LogP contribution >= 0.6 is 0 Å². The molecule has 2 aliphatic rings. The molecule has 0 N–H and O–H groups in total. The highest BCUT2D eigenvalue weighted by Gasteiger charge is 2.41. The van der Waals surface area contributed by atoms with Crippen LogP contribution in [0.15, 0.2) is 42.7 Å². The molecule has 1 saturated heterocycles. The van der Waals surface area contributed by atoms with Crippen LogP contribution in [-0.2, 0) is 23.7 Å². The highest BCUT2D eigenvalue weighted by molar-refractivity contribution is 5.66. The Balaban J connectivity index is 1.76. The zero-order chi connectivity index (χ0) is 13.9. The molecule has 3 rings (SSSR count). The van der Waals surface area contributed by atoms with Crippen LogP contribution in [0.3, 0.4) is 0 Å². The van der Waals surface area contributed by atoms with E-state index in [0.29, 0.717) is 6.61 Å². The highest BCUT2D eigenvalue weighted by atomic mass is 16.7. The minimum absolute atomic E-state index is 0.260. The molecule has 2 aliphatic heterocycles. The molecule has 1 aromatic carbocycles. The molecule has 4 atom stereocenters. The van der Waals surface area contributed by atoms with Crippen molar-refractivity contribution >= 4 is 5.97 Å². The summed E-state index contributed by atoms with van der Waals surface area (Å²) in [5.74, 6) is -0.341. The summed E-state index contributed by atoms with van der Waals surface area (Å²) in [6.07, 6.45) is 1.69. The van der Waals surface area contributed by atoms with E-state index in [4.69, 9.17) is 18.9 Å². The van der Waals surface area contributed by atoms with Crippen molar-refractivity contribution in [2.75, 3.05) is 6.61 Å². The zero-order valence-electron chi connectivity index (χ0n) is 11.1. The number of carbonyl (C=O) groups is 1. The van der Waals surface area contributed by atoms with Crippen molar-refractivity contribution in [3.63, 3.8) is 0 Å². The molecule has 0 saturated carbocycles. The van der Waals surface area contributed by atoms with Crippen molar-refractivity contribution in [3.05, 3.63) is 48.2 Å². The van der Waals surface area contributed by atoms with Crippen molar-refractivity contribution < 1.29 is 23.7 Å². The summed E-state index contributed by atoms with van der Waals surface area (Å²) in [6, 6.07) is 9.66. The normalized spacial score (nSPS) is 32.0. The molecule has 0 aromatic heterocycles. The molecular formula is C15H16O5. The van der Waals surface area contributed by atoms with E-state index in [9.17, 15) is 4.79 Å². The fourth-order valence-electron chi connectivity index (χ4n) is 2.37. The molecule has 0 bridgehead atoms. The molecule has 5 heteroatoms. The van der Waals surface area contributed by atoms with Gasteiger partial charge in [0.05, 0.1) is 12.9 Å². The summed E-state index contributed by atoms with van der Waals surface area (Å²) in [5.41, 5.74) is 0.932. The lowest BCUT2D eigenvalue weighted by molar-refractivity contribution is -0.278. The molecular weight excluding hydrogens is 260 g/mol. The third-order valence-corrected chi connectivity index (χ3v) is 3.28. The quantitative estimate of drug-likeness (QED) is 0.773. The number of carbonyl (C=O) groups excluding carboxylic acids is 1. The van der Waals surface area contributed by atoms with E-state index in [1.54, 1.807) is 6.08 Å². The Morgan fingerprint density at radius 2 is 2.10 bits per heavy atom. The number of hydrogen-bond donors (Lipinski definition) is 0. The third-order valence-electron chi connectivity index (χ3n) is 3.28. The third kappa shape index (κ3) is 2.69. The highest BCUT2D eigenvalue weighted by Crippen LogP contribution is 2.32. The zero-order valence-corrected chi connectivity index (χ0v) is 11.1. The maximum atomic E-state index is 11.2. The van der Waals surface area contributed by atoms with E-state index in [1.165, 1.54) is 13.2 Å². The Morgan fingerprint density at radius 1 is 1.30 bits per heavy atom. The lowest BCUT2D eigenvalue weighted by Gasteiger charge is -2.40. The minimum Gasteiger partial charge on any atom is -0.493 e. The van der Waals surface area contributed by atoms with Gasteiger partial charge < -0.3 is 18.9 Å². The van der Waals surface area contributed by atoms with Gasteiger partial charge in [-0.25, -0.2) is 0 Å². The molecule has 1 fully saturated rings. The SMILES string of the molecule is CC(=O)O[C@@H]1C=CO[C@@H]2CO[C@@H](c3ccccc3)O[C@@H]12. The van der Waals surface area contributed by atoms with Crippen LogP contribution in [0.2, 0.25) is 0 Å². The Kier molecular flexibility index (Phi) is 3.71. The number of hydrogen-bond acceptors (Lipinski definition) is 5. The molecule has 20 heavy (non-hydrogen) atoms. The number of benzene rings is 1. The van der Waals surface area contributed by atoms with E-state index < -0.39 is 12.4 Å². The van der Waals surface area contributed by atoms with Gasteiger partial charge in [0, 0.05) is 12.5 Å². The molecule has 0 aliphatic carbocycles. The van der Waals surface area contributed by atoms with Gasteiger partial charge in [-0.15, -0.1) is 0 Å². The first kappa shape index (κ1) is 13.1. The van der Waals surface area contributed by atoms with Crippen LogP contribution in [0.1, 0.15) is 18.8 Å². The van der Waals surface area contributed by atoms with Crippen LogP contribution in [0, 0.1) is 0 Å². The predicted octanol–water partition coefficient (Wildman–Crippen LogP) is 1.94. The summed E-state index contributed by atoms with van der Waals surface area (Å²) < 4.78 is 22.3. The fourth-order valence-corrected chi connectivity index (χ4v) is 2.37. The molecule has 0 spiro atoms. The fraction of sp³-hybridized carbons (Fsp3) is 0.400. The van der Waals surface area contributed by atoms with E-state index in [0.717, 1.165) is 5.56 Å². The average molecular weight is 276 g/mol. The average Bonchev–Trinajstić information content (AvgIpc) is 2.47. The Bertz CT molecular complexity index is 498. The van der Waals surface area contributed by atoms with Gasteiger partial charge in [0.1, 0.15) is 6.10 Å². The number of esters is 1. The van der Waals surface area contributed by atoms with Gasteiger partial charge in [0.15, 0.2) is 18.5 Å². The second-order valence-corrected chi connectivity index (χ2v) is 4.75. The number of ether oxygens (including phenoxy) is 4. The molecule has 1 aromatic rings. The van der Waals surface area contributed by atoms with Gasteiger partial charge in [0.25, 0.3) is 0 Å². The largest absolute Gasteiger partial charge is 0.493 e. The molecule has 0 amide bonds. The Hall–Kier alpha value is -1.85. The summed E-state index contributed by atoms with van der Waals surface area (Å²) in [4.78, 5) is 11.2. The van der Waals surface area contributed by atoms with E-state index >= 15 is 0 Å². The van der Waals surface area contributed by atoms with E-state index in [1.807, 2.05) is 30.3 Å². The summed E-state index contributed by atoms with van der Waals surface area (Å²) in [7, 11) is 0. The van der Waals surface area contributed by atoms with Gasteiger partial charge in [-0.3, -0.25) is 4.79 Å². The molecule has 0 radical (unpaired) electrons. The monoisotopic (exact) mass is 276 g/mol.